The molecule has 0 unspecified atom stereocenters. The molecule has 84 valence electrons. The topological polar surface area (TPSA) is 46.5 Å². The second-order valence-corrected chi connectivity index (χ2v) is 3.89. The lowest BCUT2D eigenvalue weighted by Gasteiger charge is -2.06. The quantitative estimate of drug-likeness (QED) is 0.793. The standard InChI is InChI=1S/C13H14O3/c1-16-13(15)8-12(9-5-6-9)10-3-2-4-11(14)7-10/h2-4,7,14H,5-6,8H2,1H3. The maximum absolute atomic E-state index is 11.3. The van der Waals surface area contributed by atoms with Gasteiger partial charge in [-0.1, -0.05) is 17.7 Å². The van der Waals surface area contributed by atoms with Gasteiger partial charge in [-0.05, 0) is 36.1 Å². The van der Waals surface area contributed by atoms with Crippen molar-refractivity contribution in [1.82, 2.24) is 0 Å². The number of hydrogen-bond donors (Lipinski definition) is 1. The van der Waals surface area contributed by atoms with Gasteiger partial charge in [-0.15, -0.1) is 0 Å². The third kappa shape index (κ3) is 2.42. The summed E-state index contributed by atoms with van der Waals surface area (Å²) in [7, 11) is 1.39. The van der Waals surface area contributed by atoms with E-state index in [9.17, 15) is 9.90 Å². The van der Waals surface area contributed by atoms with Crippen molar-refractivity contribution in [3.8, 4) is 5.75 Å². The molecule has 0 amide bonds. The molecule has 1 aromatic carbocycles. The molecule has 1 aromatic rings. The lowest BCUT2D eigenvalue weighted by Crippen LogP contribution is -2.01. The molecule has 1 N–H and O–H groups in total. The highest BCUT2D eigenvalue weighted by Gasteiger charge is 2.21. The van der Waals surface area contributed by atoms with Gasteiger partial charge in [0.15, 0.2) is 0 Å². The highest BCUT2D eigenvalue weighted by atomic mass is 16.5. The zero-order valence-electron chi connectivity index (χ0n) is 9.19. The first-order chi connectivity index (χ1) is 7.70. The predicted molar refractivity (Wildman–Crippen MR) is 60.9 cm³/mol. The van der Waals surface area contributed by atoms with Gasteiger partial charge < -0.3 is 9.84 Å². The SMILES string of the molecule is COC(=O)CC(=C1CC1)c1cccc(O)c1. The van der Waals surface area contributed by atoms with Gasteiger partial charge in [0.25, 0.3) is 0 Å². The summed E-state index contributed by atoms with van der Waals surface area (Å²) >= 11 is 0. The predicted octanol–water partition coefficient (Wildman–Crippen LogP) is 2.50. The van der Waals surface area contributed by atoms with Crippen molar-refractivity contribution in [2.24, 2.45) is 0 Å². The fourth-order valence-electron chi connectivity index (χ4n) is 1.71. The molecule has 1 aliphatic carbocycles. The summed E-state index contributed by atoms with van der Waals surface area (Å²) in [5.41, 5.74) is 3.21. The van der Waals surface area contributed by atoms with Crippen LogP contribution < -0.4 is 0 Å². The highest BCUT2D eigenvalue weighted by molar-refractivity contribution is 5.87. The Bertz CT molecular complexity index is 440. The molecule has 3 nitrogen and oxygen atoms in total. The number of hydrogen-bond acceptors (Lipinski definition) is 3. The Morgan fingerprint density at radius 1 is 1.44 bits per heavy atom. The summed E-state index contributed by atoms with van der Waals surface area (Å²) in [6.45, 7) is 0. The summed E-state index contributed by atoms with van der Waals surface area (Å²) in [6, 6.07) is 6.99. The summed E-state index contributed by atoms with van der Waals surface area (Å²) in [6.07, 6.45) is 2.37. The van der Waals surface area contributed by atoms with Crippen LogP contribution in [0, 0.1) is 0 Å². The summed E-state index contributed by atoms with van der Waals surface area (Å²) in [4.78, 5) is 11.3. The van der Waals surface area contributed by atoms with Crippen molar-refractivity contribution in [2.75, 3.05) is 7.11 Å². The van der Waals surface area contributed by atoms with Crippen molar-refractivity contribution in [1.29, 1.82) is 0 Å². The Morgan fingerprint density at radius 3 is 2.75 bits per heavy atom. The number of carbonyl (C=O) groups excluding carboxylic acids is 1. The fraction of sp³-hybridized carbons (Fsp3) is 0.308. The molecule has 3 heteroatoms. The van der Waals surface area contributed by atoms with E-state index in [0.29, 0.717) is 0 Å². The van der Waals surface area contributed by atoms with Crippen molar-refractivity contribution in [3.63, 3.8) is 0 Å². The maximum Gasteiger partial charge on any atom is 0.309 e. The number of methoxy groups -OCH3 is 1. The Labute approximate surface area is 94.4 Å². The second-order valence-electron chi connectivity index (χ2n) is 3.89. The van der Waals surface area contributed by atoms with E-state index in [0.717, 1.165) is 24.0 Å². The first-order valence-electron chi connectivity index (χ1n) is 5.28. The molecule has 0 bridgehead atoms. The van der Waals surface area contributed by atoms with Crippen LogP contribution in [0.1, 0.15) is 24.8 Å². The molecular weight excluding hydrogens is 204 g/mol. The normalized spacial score (nSPS) is 13.4. The molecule has 0 saturated heterocycles. The number of rotatable bonds is 3. The van der Waals surface area contributed by atoms with Crippen molar-refractivity contribution in [3.05, 3.63) is 35.4 Å². The molecule has 0 aromatic heterocycles. The molecule has 2 rings (SSSR count). The number of benzene rings is 1. The monoisotopic (exact) mass is 218 g/mol. The van der Waals surface area contributed by atoms with Gasteiger partial charge in [0.1, 0.15) is 5.75 Å². The van der Waals surface area contributed by atoms with Gasteiger partial charge in [-0.3, -0.25) is 4.79 Å². The number of phenols is 1. The fourth-order valence-corrected chi connectivity index (χ4v) is 1.71. The Balaban J connectivity index is 2.28. The Kier molecular flexibility index (Phi) is 2.95. The van der Waals surface area contributed by atoms with Crippen LogP contribution in [0.25, 0.3) is 5.57 Å². The van der Waals surface area contributed by atoms with E-state index >= 15 is 0 Å². The lowest BCUT2D eigenvalue weighted by atomic mass is 10.0. The van der Waals surface area contributed by atoms with Crippen LogP contribution in [0.2, 0.25) is 0 Å². The minimum absolute atomic E-state index is 0.223. The number of ether oxygens (including phenoxy) is 1. The zero-order valence-corrected chi connectivity index (χ0v) is 9.19. The Morgan fingerprint density at radius 2 is 2.19 bits per heavy atom. The average molecular weight is 218 g/mol. The Hall–Kier alpha value is -1.77. The molecule has 0 atom stereocenters. The molecule has 0 radical (unpaired) electrons. The summed E-state index contributed by atoms with van der Waals surface area (Å²) in [5.74, 6) is -0.0149. The third-order valence-electron chi connectivity index (χ3n) is 2.67. The number of carbonyl (C=O) groups is 1. The number of phenolic OH excluding ortho intramolecular Hbond substituents is 1. The van der Waals surface area contributed by atoms with Crippen molar-refractivity contribution < 1.29 is 14.6 Å². The molecule has 1 aliphatic rings. The zero-order chi connectivity index (χ0) is 11.5. The first-order valence-corrected chi connectivity index (χ1v) is 5.28. The van der Waals surface area contributed by atoms with E-state index in [1.54, 1.807) is 18.2 Å². The van der Waals surface area contributed by atoms with E-state index in [-0.39, 0.29) is 18.1 Å². The lowest BCUT2D eigenvalue weighted by molar-refractivity contribution is -0.139. The van der Waals surface area contributed by atoms with E-state index < -0.39 is 0 Å². The molecule has 16 heavy (non-hydrogen) atoms. The molecule has 0 heterocycles. The minimum atomic E-state index is -0.238. The summed E-state index contributed by atoms with van der Waals surface area (Å²) in [5, 5.41) is 9.42. The van der Waals surface area contributed by atoms with Crippen LogP contribution in [0.5, 0.6) is 5.75 Å². The highest BCUT2D eigenvalue weighted by Crippen LogP contribution is 2.38. The maximum atomic E-state index is 11.3. The van der Waals surface area contributed by atoms with Crippen LogP contribution in [0.3, 0.4) is 0 Å². The van der Waals surface area contributed by atoms with Gasteiger partial charge in [0.05, 0.1) is 13.5 Å². The van der Waals surface area contributed by atoms with Crippen LogP contribution >= 0.6 is 0 Å². The average Bonchev–Trinajstić information content (AvgIpc) is 3.09. The minimum Gasteiger partial charge on any atom is -0.508 e. The molecule has 0 spiro atoms. The van der Waals surface area contributed by atoms with Crippen molar-refractivity contribution >= 4 is 11.5 Å². The van der Waals surface area contributed by atoms with Gasteiger partial charge >= 0.3 is 5.97 Å². The number of esters is 1. The molecular formula is C13H14O3. The summed E-state index contributed by atoms with van der Waals surface area (Å²) < 4.78 is 4.67. The smallest absolute Gasteiger partial charge is 0.309 e. The van der Waals surface area contributed by atoms with Gasteiger partial charge in [-0.2, -0.15) is 0 Å². The largest absolute Gasteiger partial charge is 0.508 e. The first kappa shape index (κ1) is 10.7. The van der Waals surface area contributed by atoms with E-state index in [1.165, 1.54) is 12.7 Å². The van der Waals surface area contributed by atoms with Gasteiger partial charge in [-0.25, -0.2) is 0 Å². The molecule has 0 aliphatic heterocycles. The van der Waals surface area contributed by atoms with E-state index in [4.69, 9.17) is 0 Å². The third-order valence-corrected chi connectivity index (χ3v) is 2.67. The van der Waals surface area contributed by atoms with Crippen molar-refractivity contribution in [2.45, 2.75) is 19.3 Å². The van der Waals surface area contributed by atoms with Gasteiger partial charge in [0.2, 0.25) is 0 Å². The van der Waals surface area contributed by atoms with E-state index in [1.807, 2.05) is 6.07 Å². The van der Waals surface area contributed by atoms with Crippen LogP contribution in [-0.4, -0.2) is 18.2 Å². The van der Waals surface area contributed by atoms with Crippen LogP contribution in [0.15, 0.2) is 29.8 Å². The second kappa shape index (κ2) is 4.39. The van der Waals surface area contributed by atoms with Crippen LogP contribution in [0.4, 0.5) is 0 Å². The van der Waals surface area contributed by atoms with Crippen LogP contribution in [-0.2, 0) is 9.53 Å². The molecule has 1 fully saturated rings. The number of allylic oxidation sites excluding steroid dienone is 1. The van der Waals surface area contributed by atoms with Gasteiger partial charge in [0, 0.05) is 0 Å². The van der Waals surface area contributed by atoms with E-state index in [2.05, 4.69) is 4.74 Å². The molecule has 1 saturated carbocycles. The number of aromatic hydroxyl groups is 1.